The van der Waals surface area contributed by atoms with Gasteiger partial charge < -0.3 is 24.6 Å². The molecule has 5 rings (SSSR count). The molecule has 0 aliphatic carbocycles. The highest BCUT2D eigenvalue weighted by molar-refractivity contribution is 6.00. The Bertz CT molecular complexity index is 1180. The number of carbonyl (C=O) groups excluding carboxylic acids is 2. The molecule has 8 heteroatoms. The fourth-order valence-electron chi connectivity index (χ4n) is 4.48. The van der Waals surface area contributed by atoms with Crippen molar-refractivity contribution in [1.82, 2.24) is 9.88 Å². The van der Waals surface area contributed by atoms with E-state index in [0.717, 1.165) is 17.1 Å². The fraction of sp³-hybridized carbons (Fsp3) is 0.269. The number of carbonyl (C=O) groups is 2. The maximum atomic E-state index is 13.5. The second kappa shape index (κ2) is 9.15. The Kier molecular flexibility index (Phi) is 5.90. The van der Waals surface area contributed by atoms with Crippen LogP contribution in [-0.4, -0.2) is 60.7 Å². The van der Waals surface area contributed by atoms with Crippen LogP contribution in [0.3, 0.4) is 0 Å². The number of nitrogens with zero attached hydrogens (tertiary/aromatic N) is 3. The number of likely N-dealkylation sites (tertiary alicyclic amines) is 1. The lowest BCUT2D eigenvalue weighted by Crippen LogP contribution is -2.56. The average Bonchev–Trinajstić information content (AvgIpc) is 3.30. The lowest BCUT2D eigenvalue weighted by molar-refractivity contribution is -0.137. The van der Waals surface area contributed by atoms with Crippen molar-refractivity contribution in [3.05, 3.63) is 78.5 Å². The molecule has 1 atom stereocenters. The number of hydrogen-bond donors (Lipinski definition) is 1. The van der Waals surface area contributed by atoms with E-state index in [1.807, 2.05) is 54.6 Å². The van der Waals surface area contributed by atoms with Crippen LogP contribution in [0.1, 0.15) is 16.8 Å². The maximum absolute atomic E-state index is 13.5. The van der Waals surface area contributed by atoms with E-state index in [4.69, 9.17) is 9.47 Å². The van der Waals surface area contributed by atoms with Crippen molar-refractivity contribution in [2.24, 2.45) is 0 Å². The molecule has 34 heavy (non-hydrogen) atoms. The van der Waals surface area contributed by atoms with Gasteiger partial charge in [0.05, 0.1) is 25.8 Å². The van der Waals surface area contributed by atoms with E-state index in [2.05, 4.69) is 10.3 Å². The van der Waals surface area contributed by atoms with Crippen LogP contribution >= 0.6 is 0 Å². The molecule has 2 aliphatic heterocycles. The van der Waals surface area contributed by atoms with E-state index in [1.165, 1.54) is 0 Å². The van der Waals surface area contributed by atoms with E-state index in [9.17, 15) is 9.59 Å². The summed E-state index contributed by atoms with van der Waals surface area (Å²) in [5.41, 5.74) is 1.56. The van der Waals surface area contributed by atoms with Crippen molar-refractivity contribution >= 4 is 29.0 Å². The normalized spacial score (nSPS) is 20.0. The van der Waals surface area contributed by atoms with Crippen LogP contribution in [0.25, 0.3) is 0 Å². The van der Waals surface area contributed by atoms with Gasteiger partial charge >= 0.3 is 0 Å². The highest BCUT2D eigenvalue weighted by atomic mass is 16.5. The minimum Gasteiger partial charge on any atom is -0.497 e. The zero-order valence-corrected chi connectivity index (χ0v) is 18.9. The molecule has 1 spiro atoms. The zero-order chi connectivity index (χ0) is 23.5. The lowest BCUT2D eigenvalue weighted by Gasteiger charge is -2.40. The summed E-state index contributed by atoms with van der Waals surface area (Å²) in [6.45, 7) is 1.39. The molecule has 2 aliphatic rings. The summed E-state index contributed by atoms with van der Waals surface area (Å²) in [4.78, 5) is 34.0. The number of methoxy groups -OCH3 is 1. The molecule has 1 aromatic heterocycles. The van der Waals surface area contributed by atoms with Gasteiger partial charge in [-0.1, -0.05) is 18.2 Å². The van der Waals surface area contributed by atoms with E-state index < -0.39 is 5.60 Å². The predicted octanol–water partition coefficient (Wildman–Crippen LogP) is 3.48. The molecular weight excluding hydrogens is 432 g/mol. The van der Waals surface area contributed by atoms with Crippen LogP contribution in [0.4, 0.5) is 17.2 Å². The van der Waals surface area contributed by atoms with Gasteiger partial charge in [0.1, 0.15) is 23.8 Å². The molecule has 174 valence electrons. The molecular formula is C26H26N4O4. The smallest absolute Gasteiger partial charge is 0.257 e. The number of rotatable bonds is 5. The number of ether oxygens (including phenoxy) is 2. The minimum atomic E-state index is -0.578. The van der Waals surface area contributed by atoms with Crippen LogP contribution < -0.4 is 15.0 Å². The maximum Gasteiger partial charge on any atom is 0.257 e. The summed E-state index contributed by atoms with van der Waals surface area (Å²) in [6.07, 6.45) is 2.32. The van der Waals surface area contributed by atoms with Gasteiger partial charge in [0.15, 0.2) is 0 Å². The summed E-state index contributed by atoms with van der Waals surface area (Å²) < 4.78 is 11.2. The topological polar surface area (TPSA) is 84.0 Å². The fourth-order valence-corrected chi connectivity index (χ4v) is 4.48. The van der Waals surface area contributed by atoms with E-state index in [-0.39, 0.29) is 18.4 Å². The van der Waals surface area contributed by atoms with Gasteiger partial charge in [-0.25, -0.2) is 4.98 Å². The number of anilines is 3. The summed E-state index contributed by atoms with van der Waals surface area (Å²) in [5, 5.41) is 3.24. The molecule has 3 aromatic rings. The highest BCUT2D eigenvalue weighted by Crippen LogP contribution is 2.33. The molecule has 1 N–H and O–H groups in total. The number of aromatic nitrogens is 1. The molecule has 0 bridgehead atoms. The Morgan fingerprint density at radius 2 is 1.85 bits per heavy atom. The molecule has 2 fully saturated rings. The molecule has 2 amide bonds. The molecule has 3 heterocycles. The van der Waals surface area contributed by atoms with Crippen LogP contribution in [0.15, 0.2) is 72.9 Å². The van der Waals surface area contributed by atoms with Gasteiger partial charge in [-0.05, 0) is 55.0 Å². The third kappa shape index (κ3) is 4.32. The summed E-state index contributed by atoms with van der Waals surface area (Å²) in [5.74, 6) is 1.05. The standard InChI is InChI=1S/C26H26N4O4/c1-33-21-11-9-19(10-12-21)28-24-22(8-5-14-27-24)25(32)29-15-13-26(17-29)18-30(23(31)16-34-26)20-6-3-2-4-7-20/h2-12,14H,13,15-18H2,1H3,(H,27,28)/t26-/m1/s1. The molecule has 2 saturated heterocycles. The van der Waals surface area contributed by atoms with Crippen LogP contribution in [-0.2, 0) is 9.53 Å². The first-order valence-electron chi connectivity index (χ1n) is 11.2. The van der Waals surface area contributed by atoms with Crippen molar-refractivity contribution in [1.29, 1.82) is 0 Å². The Morgan fingerprint density at radius 3 is 2.62 bits per heavy atom. The number of para-hydroxylation sites is 1. The third-order valence-corrected chi connectivity index (χ3v) is 6.31. The summed E-state index contributed by atoms with van der Waals surface area (Å²) >= 11 is 0. The van der Waals surface area contributed by atoms with E-state index >= 15 is 0 Å². The molecule has 8 nitrogen and oxygen atoms in total. The van der Waals surface area contributed by atoms with Crippen LogP contribution in [0.2, 0.25) is 0 Å². The first kappa shape index (κ1) is 21.9. The van der Waals surface area contributed by atoms with Gasteiger partial charge in [-0.2, -0.15) is 0 Å². The quantitative estimate of drug-likeness (QED) is 0.630. The van der Waals surface area contributed by atoms with Crippen LogP contribution in [0.5, 0.6) is 5.75 Å². The van der Waals surface area contributed by atoms with Gasteiger partial charge in [0.2, 0.25) is 0 Å². The number of nitrogens with one attached hydrogen (secondary N) is 1. The Balaban J connectivity index is 1.32. The van der Waals surface area contributed by atoms with E-state index in [0.29, 0.717) is 37.4 Å². The summed E-state index contributed by atoms with van der Waals surface area (Å²) in [6, 6.07) is 20.5. The second-order valence-corrected chi connectivity index (χ2v) is 8.52. The number of pyridine rings is 1. The highest BCUT2D eigenvalue weighted by Gasteiger charge is 2.47. The van der Waals surface area contributed by atoms with Crippen molar-refractivity contribution in [2.45, 2.75) is 12.0 Å². The summed E-state index contributed by atoms with van der Waals surface area (Å²) in [7, 11) is 1.62. The predicted molar refractivity (Wildman–Crippen MR) is 129 cm³/mol. The molecule has 0 saturated carbocycles. The Hall–Kier alpha value is -3.91. The van der Waals surface area contributed by atoms with Gasteiger partial charge in [0.25, 0.3) is 11.8 Å². The van der Waals surface area contributed by atoms with Crippen molar-refractivity contribution < 1.29 is 19.1 Å². The number of amides is 2. The van der Waals surface area contributed by atoms with E-state index in [1.54, 1.807) is 35.2 Å². The third-order valence-electron chi connectivity index (χ3n) is 6.31. The number of morpholine rings is 1. The monoisotopic (exact) mass is 458 g/mol. The first-order chi connectivity index (χ1) is 16.6. The second-order valence-electron chi connectivity index (χ2n) is 8.52. The number of benzene rings is 2. The van der Waals surface area contributed by atoms with Gasteiger partial charge in [-0.3, -0.25) is 9.59 Å². The Morgan fingerprint density at radius 1 is 1.06 bits per heavy atom. The number of hydrogen-bond acceptors (Lipinski definition) is 6. The molecule has 0 radical (unpaired) electrons. The average molecular weight is 459 g/mol. The van der Waals surface area contributed by atoms with Gasteiger partial charge in [-0.15, -0.1) is 0 Å². The van der Waals surface area contributed by atoms with Gasteiger partial charge in [0, 0.05) is 24.1 Å². The molecule has 0 unspecified atom stereocenters. The minimum absolute atomic E-state index is 0.00803. The Labute approximate surface area is 198 Å². The first-order valence-corrected chi connectivity index (χ1v) is 11.2. The van der Waals surface area contributed by atoms with Crippen LogP contribution in [0, 0.1) is 0 Å². The van der Waals surface area contributed by atoms with Crippen molar-refractivity contribution in [3.63, 3.8) is 0 Å². The zero-order valence-electron chi connectivity index (χ0n) is 18.9. The largest absolute Gasteiger partial charge is 0.497 e. The van der Waals surface area contributed by atoms with Crippen molar-refractivity contribution in [3.8, 4) is 5.75 Å². The lowest BCUT2D eigenvalue weighted by atomic mass is 10.00. The SMILES string of the molecule is COc1ccc(Nc2ncccc2C(=O)N2CC[C@@]3(C2)CN(c2ccccc2)C(=O)CO3)cc1. The molecule has 2 aromatic carbocycles. The van der Waals surface area contributed by atoms with Crippen molar-refractivity contribution in [2.75, 3.05) is 43.6 Å².